The molecule has 0 bridgehead atoms. The highest BCUT2D eigenvalue weighted by Crippen LogP contribution is 2.29. The number of rotatable bonds is 5. The minimum atomic E-state index is -0.405. The van der Waals surface area contributed by atoms with Gasteiger partial charge in [0.15, 0.2) is 0 Å². The molecule has 0 saturated carbocycles. The highest BCUT2D eigenvalue weighted by atomic mass is 32.2. The van der Waals surface area contributed by atoms with E-state index in [9.17, 15) is 10.1 Å². The van der Waals surface area contributed by atoms with Crippen molar-refractivity contribution in [2.24, 2.45) is 0 Å². The Balaban J connectivity index is 2.05. The van der Waals surface area contributed by atoms with Crippen molar-refractivity contribution >= 4 is 23.1 Å². The summed E-state index contributed by atoms with van der Waals surface area (Å²) in [5, 5.41) is 14.7. The van der Waals surface area contributed by atoms with E-state index in [0.29, 0.717) is 11.0 Å². The van der Waals surface area contributed by atoms with Gasteiger partial charge in [0.2, 0.25) is 0 Å². The third-order valence-corrected chi connectivity index (χ3v) is 4.29. The van der Waals surface area contributed by atoms with Gasteiger partial charge in [0.25, 0.3) is 5.69 Å². The van der Waals surface area contributed by atoms with Gasteiger partial charge in [0.05, 0.1) is 18.1 Å². The molecule has 1 aliphatic rings. The van der Waals surface area contributed by atoms with Gasteiger partial charge in [-0.25, -0.2) is 0 Å². The van der Waals surface area contributed by atoms with Gasteiger partial charge in [-0.05, 0) is 18.6 Å². The second kappa shape index (κ2) is 5.95. The average molecular weight is 268 g/mol. The summed E-state index contributed by atoms with van der Waals surface area (Å²) < 4.78 is 5.07. The summed E-state index contributed by atoms with van der Waals surface area (Å²) in [5.74, 6) is 1.72. The summed E-state index contributed by atoms with van der Waals surface area (Å²) in [6.07, 6.45) is 2.47. The Morgan fingerprint density at radius 2 is 2.39 bits per heavy atom. The van der Waals surface area contributed by atoms with Crippen LogP contribution in [-0.4, -0.2) is 29.6 Å². The van der Waals surface area contributed by atoms with Crippen LogP contribution in [0.3, 0.4) is 0 Å². The molecule has 0 aliphatic carbocycles. The largest absolute Gasteiger partial charge is 0.496 e. The number of nitrogens with one attached hydrogen (secondary N) is 1. The Labute approximate surface area is 110 Å². The number of non-ortho nitro benzene ring substituents is 1. The van der Waals surface area contributed by atoms with E-state index in [1.807, 2.05) is 11.8 Å². The first-order chi connectivity index (χ1) is 8.69. The van der Waals surface area contributed by atoms with Gasteiger partial charge in [0.1, 0.15) is 5.75 Å². The molecule has 1 atom stereocenters. The fourth-order valence-corrected chi connectivity index (χ4v) is 3.15. The second-order valence-corrected chi connectivity index (χ2v) is 5.60. The second-order valence-electron chi connectivity index (χ2n) is 4.19. The molecule has 1 N–H and O–H groups in total. The van der Waals surface area contributed by atoms with E-state index in [1.165, 1.54) is 31.8 Å². The number of thioether (sulfide) groups is 1. The van der Waals surface area contributed by atoms with E-state index in [0.717, 1.165) is 12.2 Å². The first-order valence-corrected chi connectivity index (χ1v) is 6.93. The van der Waals surface area contributed by atoms with Crippen molar-refractivity contribution in [3.05, 3.63) is 28.3 Å². The Bertz CT molecular complexity index is 433. The van der Waals surface area contributed by atoms with Gasteiger partial charge in [-0.15, -0.1) is 0 Å². The molecule has 0 amide bonds. The lowest BCUT2D eigenvalue weighted by atomic mass is 10.2. The standard InChI is InChI=1S/C12H16N2O3S/c1-17-11-6-9(5-10(7-11)14(15)16)13-8-12-3-2-4-18-12/h5-7,12-13H,2-4,8H2,1H3. The number of methoxy groups -OCH3 is 1. The molecule has 0 radical (unpaired) electrons. The average Bonchev–Trinajstić information content (AvgIpc) is 2.89. The molecule has 1 heterocycles. The first kappa shape index (κ1) is 13.0. The minimum absolute atomic E-state index is 0.0518. The fraction of sp³-hybridized carbons (Fsp3) is 0.500. The van der Waals surface area contributed by atoms with Crippen LogP contribution in [-0.2, 0) is 0 Å². The summed E-state index contributed by atoms with van der Waals surface area (Å²) in [5.41, 5.74) is 0.796. The topological polar surface area (TPSA) is 64.4 Å². The highest BCUT2D eigenvalue weighted by Gasteiger charge is 2.16. The maximum absolute atomic E-state index is 10.8. The predicted molar refractivity (Wildman–Crippen MR) is 73.6 cm³/mol. The van der Waals surface area contributed by atoms with Gasteiger partial charge in [-0.3, -0.25) is 10.1 Å². The van der Waals surface area contributed by atoms with Crippen molar-refractivity contribution < 1.29 is 9.66 Å². The van der Waals surface area contributed by atoms with E-state index < -0.39 is 4.92 Å². The Morgan fingerprint density at radius 3 is 3.00 bits per heavy atom. The number of hydrogen-bond donors (Lipinski definition) is 1. The van der Waals surface area contributed by atoms with Crippen molar-refractivity contribution in [1.29, 1.82) is 0 Å². The van der Waals surface area contributed by atoms with Gasteiger partial charge in [-0.2, -0.15) is 11.8 Å². The molecule has 0 spiro atoms. The highest BCUT2D eigenvalue weighted by molar-refractivity contribution is 8.00. The van der Waals surface area contributed by atoms with Crippen LogP contribution in [0.5, 0.6) is 5.75 Å². The molecule has 5 nitrogen and oxygen atoms in total. The first-order valence-electron chi connectivity index (χ1n) is 5.88. The van der Waals surface area contributed by atoms with Crippen LogP contribution < -0.4 is 10.1 Å². The van der Waals surface area contributed by atoms with Gasteiger partial charge in [0, 0.05) is 29.6 Å². The normalized spacial score (nSPS) is 18.6. The van der Waals surface area contributed by atoms with Crippen molar-refractivity contribution in [3.8, 4) is 5.75 Å². The molecule has 1 aliphatic heterocycles. The molecular formula is C12H16N2O3S. The smallest absolute Gasteiger partial charge is 0.275 e. The fourth-order valence-electron chi connectivity index (χ4n) is 1.95. The van der Waals surface area contributed by atoms with E-state index in [1.54, 1.807) is 12.1 Å². The zero-order valence-electron chi connectivity index (χ0n) is 10.2. The number of nitro benzene ring substituents is 1. The van der Waals surface area contributed by atoms with E-state index in [-0.39, 0.29) is 5.69 Å². The molecule has 0 aromatic heterocycles. The van der Waals surface area contributed by atoms with Crippen LogP contribution in [0.15, 0.2) is 18.2 Å². The number of anilines is 1. The van der Waals surface area contributed by atoms with E-state index in [4.69, 9.17) is 4.74 Å². The lowest BCUT2D eigenvalue weighted by molar-refractivity contribution is -0.384. The van der Waals surface area contributed by atoms with E-state index in [2.05, 4.69) is 5.32 Å². The molecule has 2 rings (SSSR count). The summed E-state index contributed by atoms with van der Waals surface area (Å²) in [6, 6.07) is 4.75. The number of hydrogen-bond acceptors (Lipinski definition) is 5. The zero-order valence-corrected chi connectivity index (χ0v) is 11.0. The van der Waals surface area contributed by atoms with E-state index >= 15 is 0 Å². The third-order valence-electron chi connectivity index (χ3n) is 2.90. The van der Waals surface area contributed by atoms with Crippen LogP contribution >= 0.6 is 11.8 Å². The number of ether oxygens (including phenoxy) is 1. The minimum Gasteiger partial charge on any atom is -0.496 e. The maximum Gasteiger partial charge on any atom is 0.275 e. The van der Waals surface area contributed by atoms with Crippen LogP contribution in [0.4, 0.5) is 11.4 Å². The molecule has 1 unspecified atom stereocenters. The molecule has 1 saturated heterocycles. The Kier molecular flexibility index (Phi) is 4.30. The number of nitrogens with zero attached hydrogens (tertiary/aromatic N) is 1. The summed E-state index contributed by atoms with van der Waals surface area (Å²) in [7, 11) is 1.51. The number of nitro groups is 1. The molecule has 1 fully saturated rings. The SMILES string of the molecule is COc1cc(NCC2CCCS2)cc([N+](=O)[O-])c1. The Morgan fingerprint density at radius 1 is 1.56 bits per heavy atom. The lowest BCUT2D eigenvalue weighted by Gasteiger charge is -2.12. The summed E-state index contributed by atoms with van der Waals surface area (Å²) in [4.78, 5) is 10.4. The molecule has 1 aromatic carbocycles. The van der Waals surface area contributed by atoms with Crippen LogP contribution in [0, 0.1) is 10.1 Å². The van der Waals surface area contributed by atoms with Crippen LogP contribution in [0.25, 0.3) is 0 Å². The predicted octanol–water partition coefficient (Wildman–Crippen LogP) is 2.91. The summed E-state index contributed by atoms with van der Waals surface area (Å²) in [6.45, 7) is 0.842. The van der Waals surface area contributed by atoms with Crippen LogP contribution in [0.1, 0.15) is 12.8 Å². The number of benzene rings is 1. The van der Waals surface area contributed by atoms with Gasteiger partial charge in [-0.1, -0.05) is 0 Å². The quantitative estimate of drug-likeness (QED) is 0.657. The van der Waals surface area contributed by atoms with Crippen molar-refractivity contribution in [3.63, 3.8) is 0 Å². The Hall–Kier alpha value is -1.43. The zero-order chi connectivity index (χ0) is 13.0. The molecular weight excluding hydrogens is 252 g/mol. The maximum atomic E-state index is 10.8. The third kappa shape index (κ3) is 3.29. The van der Waals surface area contributed by atoms with Crippen molar-refractivity contribution in [1.82, 2.24) is 0 Å². The van der Waals surface area contributed by atoms with Crippen molar-refractivity contribution in [2.45, 2.75) is 18.1 Å². The summed E-state index contributed by atoms with van der Waals surface area (Å²) >= 11 is 1.95. The monoisotopic (exact) mass is 268 g/mol. The molecule has 98 valence electrons. The molecule has 18 heavy (non-hydrogen) atoms. The molecule has 1 aromatic rings. The van der Waals surface area contributed by atoms with Crippen LogP contribution in [0.2, 0.25) is 0 Å². The van der Waals surface area contributed by atoms with Gasteiger partial charge < -0.3 is 10.1 Å². The lowest BCUT2D eigenvalue weighted by Crippen LogP contribution is -2.13. The van der Waals surface area contributed by atoms with Crippen molar-refractivity contribution in [2.75, 3.05) is 24.7 Å². The molecule has 6 heteroatoms. The van der Waals surface area contributed by atoms with Gasteiger partial charge >= 0.3 is 0 Å².